The molecule has 0 radical (unpaired) electrons. The Hall–Kier alpha value is -0.850. The second kappa shape index (κ2) is 8.85. The number of hydrogen-bond donors (Lipinski definition) is 0. The first-order chi connectivity index (χ1) is 11.1. The fourth-order valence-electron chi connectivity index (χ4n) is 2.77. The van der Waals surface area contributed by atoms with Crippen LogP contribution in [0.4, 0.5) is 0 Å². The molecule has 0 aromatic heterocycles. The van der Waals surface area contributed by atoms with Gasteiger partial charge in [0.1, 0.15) is 4.32 Å². The summed E-state index contributed by atoms with van der Waals surface area (Å²) in [5.41, 5.74) is 1.33. The highest BCUT2D eigenvalue weighted by Crippen LogP contribution is 2.28. The molecule has 1 aliphatic rings. The van der Waals surface area contributed by atoms with Crippen LogP contribution in [-0.2, 0) is 0 Å². The van der Waals surface area contributed by atoms with E-state index < -0.39 is 0 Å². The van der Waals surface area contributed by atoms with E-state index in [1.165, 1.54) is 5.56 Å². The van der Waals surface area contributed by atoms with Crippen LogP contribution in [0.2, 0.25) is 0 Å². The maximum Gasteiger partial charge on any atom is 0.172 e. The maximum absolute atomic E-state index is 5.62. The largest absolute Gasteiger partial charge is 0.358 e. The lowest BCUT2D eigenvalue weighted by Crippen LogP contribution is -2.32. The average molecular weight is 368 g/mol. The standard InChI is InChI=1S/C17H25N3S3/c1-4-19(5-2)17(22)23-12-11-20-13-15(18(3)16(20)21)14-9-7-6-8-10-14/h6-10,15H,4-5,11-13H2,1-3H3. The van der Waals surface area contributed by atoms with Crippen LogP contribution in [0.1, 0.15) is 25.5 Å². The number of hydrogen-bond acceptors (Lipinski definition) is 3. The first-order valence-corrected chi connectivity index (χ1v) is 9.87. The zero-order chi connectivity index (χ0) is 16.8. The van der Waals surface area contributed by atoms with E-state index in [1.54, 1.807) is 11.8 Å². The third-order valence-electron chi connectivity index (χ3n) is 4.23. The molecular formula is C17H25N3S3. The molecule has 0 amide bonds. The van der Waals surface area contributed by atoms with Gasteiger partial charge in [-0.2, -0.15) is 0 Å². The summed E-state index contributed by atoms with van der Waals surface area (Å²) in [6.45, 7) is 8.14. The monoisotopic (exact) mass is 367 g/mol. The summed E-state index contributed by atoms with van der Waals surface area (Å²) in [5, 5.41) is 0.938. The van der Waals surface area contributed by atoms with Crippen molar-refractivity contribution in [3.63, 3.8) is 0 Å². The van der Waals surface area contributed by atoms with Crippen LogP contribution in [0, 0.1) is 0 Å². The van der Waals surface area contributed by atoms with E-state index >= 15 is 0 Å². The predicted molar refractivity (Wildman–Crippen MR) is 109 cm³/mol. The van der Waals surface area contributed by atoms with E-state index in [0.717, 1.165) is 41.4 Å². The minimum atomic E-state index is 0.350. The number of thioether (sulfide) groups is 1. The van der Waals surface area contributed by atoms with Crippen molar-refractivity contribution in [3.8, 4) is 0 Å². The molecule has 1 heterocycles. The Morgan fingerprint density at radius 2 is 1.91 bits per heavy atom. The lowest BCUT2D eigenvalue weighted by Gasteiger charge is -2.22. The normalized spacial score (nSPS) is 17.7. The lowest BCUT2D eigenvalue weighted by atomic mass is 10.1. The van der Waals surface area contributed by atoms with Crippen molar-refractivity contribution in [1.82, 2.24) is 14.7 Å². The average Bonchev–Trinajstić information content (AvgIpc) is 2.85. The summed E-state index contributed by atoms with van der Waals surface area (Å²) >= 11 is 12.9. The van der Waals surface area contributed by atoms with Crippen molar-refractivity contribution in [1.29, 1.82) is 0 Å². The molecule has 6 heteroatoms. The highest BCUT2D eigenvalue weighted by Gasteiger charge is 2.32. The van der Waals surface area contributed by atoms with Gasteiger partial charge >= 0.3 is 0 Å². The molecule has 0 aliphatic carbocycles. The van der Waals surface area contributed by atoms with Gasteiger partial charge in [-0.05, 0) is 31.6 Å². The van der Waals surface area contributed by atoms with Gasteiger partial charge in [0.2, 0.25) is 0 Å². The van der Waals surface area contributed by atoms with Gasteiger partial charge in [-0.1, -0.05) is 54.3 Å². The summed E-state index contributed by atoms with van der Waals surface area (Å²) in [4.78, 5) is 6.73. The fourth-order valence-corrected chi connectivity index (χ4v) is 4.50. The second-order valence-electron chi connectivity index (χ2n) is 5.55. The molecule has 0 N–H and O–H groups in total. The number of rotatable bonds is 6. The molecule has 0 saturated carbocycles. The second-order valence-corrected chi connectivity index (χ2v) is 7.65. The molecule has 126 valence electrons. The van der Waals surface area contributed by atoms with Gasteiger partial charge in [-0.3, -0.25) is 0 Å². The van der Waals surface area contributed by atoms with E-state index in [2.05, 4.69) is 65.9 Å². The first-order valence-electron chi connectivity index (χ1n) is 8.06. The van der Waals surface area contributed by atoms with Crippen LogP contribution in [0.15, 0.2) is 30.3 Å². The molecule has 1 saturated heterocycles. The third-order valence-corrected chi connectivity index (χ3v) is 6.28. The van der Waals surface area contributed by atoms with E-state index in [0.29, 0.717) is 6.04 Å². The summed E-state index contributed by atoms with van der Waals surface area (Å²) in [6, 6.07) is 10.9. The van der Waals surface area contributed by atoms with Crippen molar-refractivity contribution in [2.24, 2.45) is 0 Å². The van der Waals surface area contributed by atoms with Gasteiger partial charge in [0, 0.05) is 39.0 Å². The minimum Gasteiger partial charge on any atom is -0.358 e. The number of likely N-dealkylation sites (N-methyl/N-ethyl adjacent to an activating group) is 1. The molecule has 1 aromatic carbocycles. The molecule has 1 atom stereocenters. The Kier molecular flexibility index (Phi) is 7.11. The van der Waals surface area contributed by atoms with Crippen LogP contribution < -0.4 is 0 Å². The summed E-state index contributed by atoms with van der Waals surface area (Å²) in [6.07, 6.45) is 0. The highest BCUT2D eigenvalue weighted by atomic mass is 32.2. The predicted octanol–water partition coefficient (Wildman–Crippen LogP) is 3.62. The highest BCUT2D eigenvalue weighted by molar-refractivity contribution is 8.22. The molecule has 3 nitrogen and oxygen atoms in total. The van der Waals surface area contributed by atoms with Gasteiger partial charge in [-0.25, -0.2) is 0 Å². The maximum atomic E-state index is 5.62. The zero-order valence-corrected chi connectivity index (χ0v) is 16.5. The molecular weight excluding hydrogens is 342 g/mol. The van der Waals surface area contributed by atoms with Gasteiger partial charge in [0.15, 0.2) is 5.11 Å². The quantitative estimate of drug-likeness (QED) is 0.705. The Morgan fingerprint density at radius 3 is 2.52 bits per heavy atom. The van der Waals surface area contributed by atoms with Crippen LogP contribution in [0.5, 0.6) is 0 Å². The number of nitrogens with zero attached hydrogens (tertiary/aromatic N) is 3. The molecule has 0 spiro atoms. The van der Waals surface area contributed by atoms with Crippen LogP contribution in [-0.4, -0.2) is 63.1 Å². The number of thiocarbonyl (C=S) groups is 2. The van der Waals surface area contributed by atoms with Gasteiger partial charge in [0.25, 0.3) is 0 Å². The van der Waals surface area contributed by atoms with Crippen LogP contribution >= 0.6 is 36.2 Å². The molecule has 1 fully saturated rings. The Bertz CT molecular complexity index is 531. The molecule has 1 aromatic rings. The summed E-state index contributed by atoms with van der Waals surface area (Å²) in [7, 11) is 2.09. The fraction of sp³-hybridized carbons (Fsp3) is 0.529. The number of benzene rings is 1. The molecule has 1 aliphatic heterocycles. The van der Waals surface area contributed by atoms with Crippen molar-refractivity contribution in [3.05, 3.63) is 35.9 Å². The summed E-state index contributed by atoms with van der Waals surface area (Å²) in [5.74, 6) is 0.977. The van der Waals surface area contributed by atoms with Crippen molar-refractivity contribution >= 4 is 45.6 Å². The summed E-state index contributed by atoms with van der Waals surface area (Å²) < 4.78 is 0.994. The molecule has 1 unspecified atom stereocenters. The lowest BCUT2D eigenvalue weighted by molar-refractivity contribution is 0.403. The van der Waals surface area contributed by atoms with Gasteiger partial charge in [0.05, 0.1) is 6.04 Å². The van der Waals surface area contributed by atoms with E-state index in [4.69, 9.17) is 24.4 Å². The van der Waals surface area contributed by atoms with Crippen LogP contribution in [0.25, 0.3) is 0 Å². The van der Waals surface area contributed by atoms with Crippen LogP contribution in [0.3, 0.4) is 0 Å². The van der Waals surface area contributed by atoms with Gasteiger partial charge in [-0.15, -0.1) is 0 Å². The minimum absolute atomic E-state index is 0.350. The molecule has 2 rings (SSSR count). The van der Waals surface area contributed by atoms with Crippen molar-refractivity contribution < 1.29 is 0 Å². The Balaban J connectivity index is 1.87. The Morgan fingerprint density at radius 1 is 1.26 bits per heavy atom. The molecule has 23 heavy (non-hydrogen) atoms. The topological polar surface area (TPSA) is 9.72 Å². The van der Waals surface area contributed by atoms with Crippen molar-refractivity contribution in [2.45, 2.75) is 19.9 Å². The zero-order valence-electron chi connectivity index (χ0n) is 14.1. The van der Waals surface area contributed by atoms with E-state index in [-0.39, 0.29) is 0 Å². The van der Waals surface area contributed by atoms with E-state index in [9.17, 15) is 0 Å². The van der Waals surface area contributed by atoms with Crippen molar-refractivity contribution in [2.75, 3.05) is 39.0 Å². The first kappa shape index (κ1) is 18.5. The smallest absolute Gasteiger partial charge is 0.172 e. The third kappa shape index (κ3) is 4.58. The van der Waals surface area contributed by atoms with E-state index in [1.807, 2.05) is 0 Å². The Labute approximate surface area is 155 Å². The van der Waals surface area contributed by atoms with Gasteiger partial charge < -0.3 is 14.7 Å². The molecule has 0 bridgehead atoms. The SMILES string of the molecule is CCN(CC)C(=S)SCCN1CC(c2ccccc2)N(C)C1=S.